The van der Waals surface area contributed by atoms with E-state index < -0.39 is 4.92 Å². The molecule has 5 nitrogen and oxygen atoms in total. The lowest BCUT2D eigenvalue weighted by atomic mass is 10.1. The number of hydrogen-bond donors (Lipinski definition) is 2. The Bertz CT molecular complexity index is 378. The fourth-order valence-electron chi connectivity index (χ4n) is 1.19. The number of nitro benzene ring substituents is 1. The smallest absolute Gasteiger partial charge is 0.269 e. The van der Waals surface area contributed by atoms with E-state index in [0.717, 1.165) is 12.0 Å². The van der Waals surface area contributed by atoms with E-state index >= 15 is 0 Å². The second-order valence-corrected chi connectivity index (χ2v) is 3.59. The zero-order valence-corrected chi connectivity index (χ0v) is 9.71. The molecule has 2 N–H and O–H groups in total. The Labute approximate surface area is 99.0 Å². The Kier molecular flexibility index (Phi) is 4.65. The van der Waals surface area contributed by atoms with Gasteiger partial charge in [-0.2, -0.15) is 0 Å². The van der Waals surface area contributed by atoms with Gasteiger partial charge in [0.05, 0.1) is 4.92 Å². The number of benzene rings is 1. The number of hydrogen-bond acceptors (Lipinski definition) is 3. The van der Waals surface area contributed by atoms with Crippen LogP contribution in [0.3, 0.4) is 0 Å². The van der Waals surface area contributed by atoms with Crippen LogP contribution < -0.4 is 10.6 Å². The number of nitrogens with one attached hydrogen (secondary N) is 2. The van der Waals surface area contributed by atoms with Crippen LogP contribution in [0.1, 0.15) is 5.56 Å². The molecular weight excluding hydrogens is 226 g/mol. The molecule has 0 aliphatic carbocycles. The first kappa shape index (κ1) is 12.4. The monoisotopic (exact) mass is 239 g/mol. The molecule has 0 bridgehead atoms. The van der Waals surface area contributed by atoms with Crippen LogP contribution in [-0.4, -0.2) is 23.6 Å². The van der Waals surface area contributed by atoms with Crippen molar-refractivity contribution in [2.75, 3.05) is 13.6 Å². The van der Waals surface area contributed by atoms with Gasteiger partial charge in [-0.3, -0.25) is 10.1 Å². The van der Waals surface area contributed by atoms with Crippen LogP contribution in [-0.2, 0) is 6.42 Å². The second kappa shape index (κ2) is 6.02. The van der Waals surface area contributed by atoms with Gasteiger partial charge < -0.3 is 10.6 Å². The topological polar surface area (TPSA) is 67.2 Å². The summed E-state index contributed by atoms with van der Waals surface area (Å²) in [6.45, 7) is 0.706. The summed E-state index contributed by atoms with van der Waals surface area (Å²) in [4.78, 5) is 10.0. The van der Waals surface area contributed by atoms with Crippen molar-refractivity contribution in [1.82, 2.24) is 10.6 Å². The van der Waals surface area contributed by atoms with Gasteiger partial charge in [0.15, 0.2) is 5.11 Å². The second-order valence-electron chi connectivity index (χ2n) is 3.18. The molecule has 0 aliphatic rings. The summed E-state index contributed by atoms with van der Waals surface area (Å²) in [6.07, 6.45) is 0.778. The maximum absolute atomic E-state index is 10.4. The molecule has 86 valence electrons. The van der Waals surface area contributed by atoms with Crippen molar-refractivity contribution in [3.63, 3.8) is 0 Å². The molecule has 0 radical (unpaired) electrons. The molecule has 0 aliphatic heterocycles. The van der Waals surface area contributed by atoms with Crippen LogP contribution in [0, 0.1) is 10.1 Å². The Hall–Kier alpha value is -1.69. The lowest BCUT2D eigenvalue weighted by Gasteiger charge is -2.06. The molecule has 0 saturated carbocycles. The van der Waals surface area contributed by atoms with Gasteiger partial charge in [0.25, 0.3) is 5.69 Å². The largest absolute Gasteiger partial charge is 0.366 e. The number of nitro groups is 1. The maximum atomic E-state index is 10.4. The highest BCUT2D eigenvalue weighted by Gasteiger charge is 2.03. The average molecular weight is 239 g/mol. The molecule has 6 heteroatoms. The van der Waals surface area contributed by atoms with Crippen molar-refractivity contribution in [2.45, 2.75) is 6.42 Å². The summed E-state index contributed by atoms with van der Waals surface area (Å²) in [5.74, 6) is 0. The summed E-state index contributed by atoms with van der Waals surface area (Å²) in [6, 6.07) is 6.52. The molecule has 0 atom stereocenters. The van der Waals surface area contributed by atoms with Crippen LogP contribution in [0.5, 0.6) is 0 Å². The minimum atomic E-state index is -0.405. The third-order valence-corrected chi connectivity index (χ3v) is 2.42. The number of thiocarbonyl (C=S) groups is 1. The Balaban J connectivity index is 2.43. The van der Waals surface area contributed by atoms with E-state index in [1.165, 1.54) is 12.1 Å². The van der Waals surface area contributed by atoms with Crippen LogP contribution >= 0.6 is 12.2 Å². The van der Waals surface area contributed by atoms with Gasteiger partial charge in [0.2, 0.25) is 0 Å². The van der Waals surface area contributed by atoms with Gasteiger partial charge in [-0.1, -0.05) is 12.1 Å². The minimum Gasteiger partial charge on any atom is -0.366 e. The van der Waals surface area contributed by atoms with E-state index in [4.69, 9.17) is 12.2 Å². The summed E-state index contributed by atoms with van der Waals surface area (Å²) in [5.41, 5.74) is 1.15. The highest BCUT2D eigenvalue weighted by Crippen LogP contribution is 2.11. The van der Waals surface area contributed by atoms with Gasteiger partial charge in [-0.05, 0) is 24.2 Å². The molecule has 0 unspecified atom stereocenters. The first-order chi connectivity index (χ1) is 7.63. The third-order valence-electron chi connectivity index (χ3n) is 2.07. The van der Waals surface area contributed by atoms with Crippen molar-refractivity contribution in [3.8, 4) is 0 Å². The van der Waals surface area contributed by atoms with E-state index in [-0.39, 0.29) is 5.69 Å². The minimum absolute atomic E-state index is 0.113. The summed E-state index contributed by atoms with van der Waals surface area (Å²) < 4.78 is 0. The summed E-state index contributed by atoms with van der Waals surface area (Å²) in [5, 5.41) is 16.8. The lowest BCUT2D eigenvalue weighted by molar-refractivity contribution is -0.384. The van der Waals surface area contributed by atoms with Gasteiger partial charge in [0.1, 0.15) is 0 Å². The fraction of sp³-hybridized carbons (Fsp3) is 0.300. The molecule has 0 amide bonds. The molecule has 0 heterocycles. The highest BCUT2D eigenvalue weighted by atomic mass is 32.1. The van der Waals surface area contributed by atoms with Crippen molar-refractivity contribution >= 4 is 23.0 Å². The lowest BCUT2D eigenvalue weighted by Crippen LogP contribution is -2.33. The normalized spacial score (nSPS) is 9.56. The molecule has 16 heavy (non-hydrogen) atoms. The van der Waals surface area contributed by atoms with Gasteiger partial charge in [0, 0.05) is 25.7 Å². The fourth-order valence-corrected chi connectivity index (χ4v) is 1.30. The van der Waals surface area contributed by atoms with Crippen molar-refractivity contribution in [2.24, 2.45) is 0 Å². The van der Waals surface area contributed by atoms with E-state index in [1.54, 1.807) is 19.2 Å². The average Bonchev–Trinajstić information content (AvgIpc) is 2.29. The zero-order valence-electron chi connectivity index (χ0n) is 8.90. The Morgan fingerprint density at radius 1 is 1.44 bits per heavy atom. The number of nitrogens with zero attached hydrogens (tertiary/aromatic N) is 1. The molecule has 0 spiro atoms. The van der Waals surface area contributed by atoms with Gasteiger partial charge in [-0.15, -0.1) is 0 Å². The quantitative estimate of drug-likeness (QED) is 0.470. The first-order valence-corrected chi connectivity index (χ1v) is 5.23. The predicted molar refractivity (Wildman–Crippen MR) is 66.5 cm³/mol. The molecular formula is C10H13N3O2S. The molecule has 0 fully saturated rings. The highest BCUT2D eigenvalue weighted by molar-refractivity contribution is 7.80. The Morgan fingerprint density at radius 2 is 2.06 bits per heavy atom. The van der Waals surface area contributed by atoms with Crippen molar-refractivity contribution in [3.05, 3.63) is 39.9 Å². The van der Waals surface area contributed by atoms with Crippen molar-refractivity contribution < 1.29 is 4.92 Å². The van der Waals surface area contributed by atoms with Crippen LogP contribution in [0.15, 0.2) is 24.3 Å². The standard InChI is InChI=1S/C10H13N3O2S/c1-11-10(16)12-7-6-8-2-4-9(5-3-8)13(14)15/h2-5H,6-7H2,1H3,(H2,11,12,16). The van der Waals surface area contributed by atoms with E-state index in [2.05, 4.69) is 10.6 Å². The number of non-ortho nitro benzene ring substituents is 1. The van der Waals surface area contributed by atoms with Crippen LogP contribution in [0.2, 0.25) is 0 Å². The summed E-state index contributed by atoms with van der Waals surface area (Å²) in [7, 11) is 1.75. The van der Waals surface area contributed by atoms with E-state index in [1.807, 2.05) is 0 Å². The molecule has 1 rings (SSSR count). The van der Waals surface area contributed by atoms with E-state index in [9.17, 15) is 10.1 Å². The van der Waals surface area contributed by atoms with Crippen LogP contribution in [0.25, 0.3) is 0 Å². The molecule has 1 aromatic carbocycles. The molecule has 1 aromatic rings. The SMILES string of the molecule is CNC(=S)NCCc1ccc([N+](=O)[O-])cc1. The zero-order chi connectivity index (χ0) is 12.0. The van der Waals surface area contributed by atoms with Gasteiger partial charge in [-0.25, -0.2) is 0 Å². The molecule has 0 aromatic heterocycles. The third kappa shape index (κ3) is 3.82. The van der Waals surface area contributed by atoms with Gasteiger partial charge >= 0.3 is 0 Å². The first-order valence-electron chi connectivity index (χ1n) is 4.82. The van der Waals surface area contributed by atoms with Crippen LogP contribution in [0.4, 0.5) is 5.69 Å². The maximum Gasteiger partial charge on any atom is 0.269 e. The van der Waals surface area contributed by atoms with E-state index in [0.29, 0.717) is 11.7 Å². The summed E-state index contributed by atoms with van der Waals surface area (Å²) >= 11 is 4.91. The number of rotatable bonds is 4. The van der Waals surface area contributed by atoms with Crippen molar-refractivity contribution in [1.29, 1.82) is 0 Å². The Morgan fingerprint density at radius 3 is 2.56 bits per heavy atom. The molecule has 0 saturated heterocycles. The predicted octanol–water partition coefficient (Wildman–Crippen LogP) is 1.23.